The van der Waals surface area contributed by atoms with E-state index < -0.39 is 0 Å². The van der Waals surface area contributed by atoms with Gasteiger partial charge in [0.05, 0.1) is 0 Å². The van der Waals surface area contributed by atoms with Crippen molar-refractivity contribution < 1.29 is 4.74 Å². The summed E-state index contributed by atoms with van der Waals surface area (Å²) in [6.45, 7) is 3.83. The Bertz CT molecular complexity index is 633. The molecule has 22 heavy (non-hydrogen) atoms. The minimum absolute atomic E-state index is 0.496. The number of rotatable bonds is 6. The first-order valence-corrected chi connectivity index (χ1v) is 8.01. The number of hydrogen-bond donors (Lipinski definition) is 1. The molecule has 1 heterocycles. The molecular formula is C20H23NO. The highest BCUT2D eigenvalue weighted by atomic mass is 16.5. The first kappa shape index (κ1) is 14.9. The molecule has 2 heteroatoms. The van der Waals surface area contributed by atoms with E-state index in [0.717, 1.165) is 25.1 Å². The average molecular weight is 293 g/mol. The maximum absolute atomic E-state index is 5.66. The minimum Gasteiger partial charge on any atom is -0.489 e. The molecule has 0 saturated carbocycles. The van der Waals surface area contributed by atoms with Crippen LogP contribution in [0.1, 0.15) is 24.5 Å². The number of ether oxygens (including phenoxy) is 1. The summed E-state index contributed by atoms with van der Waals surface area (Å²) in [6.07, 6.45) is 4.45. The van der Waals surface area contributed by atoms with Crippen LogP contribution in [-0.2, 0) is 6.42 Å². The fourth-order valence-corrected chi connectivity index (χ4v) is 2.78. The quantitative estimate of drug-likeness (QED) is 0.866. The van der Waals surface area contributed by atoms with Crippen LogP contribution < -0.4 is 10.1 Å². The molecule has 0 bridgehead atoms. The molecule has 0 aromatic heterocycles. The Kier molecular flexibility index (Phi) is 4.92. The summed E-state index contributed by atoms with van der Waals surface area (Å²) < 4.78 is 5.66. The molecule has 1 aliphatic heterocycles. The largest absolute Gasteiger partial charge is 0.489 e. The standard InChI is InChI=1S/C20H23NO/c1-16(11-12-17-7-3-2-4-8-17)21-15-18-13-14-22-20-10-6-5-9-19(18)20/h2-10,13,16,21H,11-12,14-15H2,1H3. The lowest BCUT2D eigenvalue weighted by Gasteiger charge is -2.21. The Balaban J connectivity index is 1.51. The molecule has 0 aliphatic carbocycles. The van der Waals surface area contributed by atoms with Gasteiger partial charge in [0.2, 0.25) is 0 Å². The van der Waals surface area contributed by atoms with Crippen molar-refractivity contribution in [3.05, 3.63) is 71.8 Å². The molecule has 3 rings (SSSR count). The number of aryl methyl sites for hydroxylation is 1. The Labute approximate surface area is 132 Å². The van der Waals surface area contributed by atoms with E-state index in [1.54, 1.807) is 0 Å². The van der Waals surface area contributed by atoms with Gasteiger partial charge in [0, 0.05) is 18.2 Å². The third-order valence-electron chi connectivity index (χ3n) is 4.15. The van der Waals surface area contributed by atoms with Gasteiger partial charge in [-0.25, -0.2) is 0 Å². The highest BCUT2D eigenvalue weighted by molar-refractivity contribution is 5.73. The van der Waals surface area contributed by atoms with Crippen LogP contribution in [0.25, 0.3) is 5.57 Å². The second-order valence-corrected chi connectivity index (χ2v) is 5.84. The molecular weight excluding hydrogens is 270 g/mol. The van der Waals surface area contributed by atoms with Crippen molar-refractivity contribution in [3.8, 4) is 5.75 Å². The molecule has 0 amide bonds. The van der Waals surface area contributed by atoms with E-state index in [1.807, 2.05) is 12.1 Å². The van der Waals surface area contributed by atoms with E-state index in [4.69, 9.17) is 4.74 Å². The third-order valence-corrected chi connectivity index (χ3v) is 4.15. The number of nitrogens with one attached hydrogen (secondary N) is 1. The second-order valence-electron chi connectivity index (χ2n) is 5.84. The fourth-order valence-electron chi connectivity index (χ4n) is 2.78. The summed E-state index contributed by atoms with van der Waals surface area (Å²) in [4.78, 5) is 0. The van der Waals surface area contributed by atoms with Crippen molar-refractivity contribution >= 4 is 5.57 Å². The van der Waals surface area contributed by atoms with Gasteiger partial charge in [-0.1, -0.05) is 48.5 Å². The summed E-state index contributed by atoms with van der Waals surface area (Å²) in [5.74, 6) is 0.999. The maximum Gasteiger partial charge on any atom is 0.127 e. The Hall–Kier alpha value is -2.06. The smallest absolute Gasteiger partial charge is 0.127 e. The summed E-state index contributed by atoms with van der Waals surface area (Å²) >= 11 is 0. The molecule has 2 aromatic rings. The highest BCUT2D eigenvalue weighted by Gasteiger charge is 2.13. The van der Waals surface area contributed by atoms with Crippen molar-refractivity contribution in [3.63, 3.8) is 0 Å². The van der Waals surface area contributed by atoms with Crippen molar-refractivity contribution in [2.75, 3.05) is 13.2 Å². The van der Waals surface area contributed by atoms with Gasteiger partial charge in [0.1, 0.15) is 12.4 Å². The number of benzene rings is 2. The first-order chi connectivity index (χ1) is 10.8. The van der Waals surface area contributed by atoms with Crippen LogP contribution in [0.2, 0.25) is 0 Å². The average Bonchev–Trinajstić information content (AvgIpc) is 2.59. The van der Waals surface area contributed by atoms with Crippen LogP contribution in [0.3, 0.4) is 0 Å². The lowest BCUT2D eigenvalue weighted by Crippen LogP contribution is -2.29. The van der Waals surface area contributed by atoms with Gasteiger partial charge in [0.15, 0.2) is 0 Å². The van der Waals surface area contributed by atoms with Gasteiger partial charge in [0.25, 0.3) is 0 Å². The predicted octanol–water partition coefficient (Wildman–Crippen LogP) is 4.07. The first-order valence-electron chi connectivity index (χ1n) is 8.01. The van der Waals surface area contributed by atoms with Gasteiger partial charge in [-0.15, -0.1) is 0 Å². The normalized spacial score (nSPS) is 14.7. The van der Waals surface area contributed by atoms with Crippen molar-refractivity contribution in [1.82, 2.24) is 5.32 Å². The van der Waals surface area contributed by atoms with Crippen LogP contribution in [-0.4, -0.2) is 19.2 Å². The SMILES string of the molecule is CC(CCc1ccccc1)NCC1=CCOc2ccccc21. The molecule has 2 nitrogen and oxygen atoms in total. The lowest BCUT2D eigenvalue weighted by atomic mass is 10.0. The molecule has 2 aromatic carbocycles. The molecule has 1 aliphatic rings. The molecule has 114 valence electrons. The fraction of sp³-hybridized carbons (Fsp3) is 0.300. The van der Waals surface area contributed by atoms with Crippen LogP contribution in [0.15, 0.2) is 60.7 Å². The second kappa shape index (κ2) is 7.28. The lowest BCUT2D eigenvalue weighted by molar-refractivity contribution is 0.356. The summed E-state index contributed by atoms with van der Waals surface area (Å²) in [7, 11) is 0. The van der Waals surface area contributed by atoms with E-state index in [9.17, 15) is 0 Å². The molecule has 0 fully saturated rings. The highest BCUT2D eigenvalue weighted by Crippen LogP contribution is 2.28. The molecule has 1 unspecified atom stereocenters. The monoisotopic (exact) mass is 293 g/mol. The molecule has 1 N–H and O–H groups in total. The van der Waals surface area contributed by atoms with E-state index >= 15 is 0 Å². The predicted molar refractivity (Wildman–Crippen MR) is 92.1 cm³/mol. The molecule has 1 atom stereocenters. The molecule has 0 radical (unpaired) electrons. The molecule has 0 saturated heterocycles. The Morgan fingerprint density at radius 3 is 2.68 bits per heavy atom. The van der Waals surface area contributed by atoms with Crippen LogP contribution in [0.4, 0.5) is 0 Å². The van der Waals surface area contributed by atoms with Gasteiger partial charge in [-0.05, 0) is 43.0 Å². The summed E-state index contributed by atoms with van der Waals surface area (Å²) in [5.41, 5.74) is 3.97. The number of para-hydroxylation sites is 1. The zero-order valence-corrected chi connectivity index (χ0v) is 13.1. The van der Waals surface area contributed by atoms with Crippen LogP contribution in [0, 0.1) is 0 Å². The van der Waals surface area contributed by atoms with Gasteiger partial charge in [-0.3, -0.25) is 0 Å². The maximum atomic E-state index is 5.66. The van der Waals surface area contributed by atoms with Crippen molar-refractivity contribution in [1.29, 1.82) is 0 Å². The van der Waals surface area contributed by atoms with Gasteiger partial charge in [-0.2, -0.15) is 0 Å². The Morgan fingerprint density at radius 1 is 1.05 bits per heavy atom. The topological polar surface area (TPSA) is 21.3 Å². The van der Waals surface area contributed by atoms with Crippen LogP contribution >= 0.6 is 0 Å². The number of fused-ring (bicyclic) bond motifs is 1. The zero-order chi connectivity index (χ0) is 15.2. The van der Waals surface area contributed by atoms with Gasteiger partial charge >= 0.3 is 0 Å². The number of hydrogen-bond acceptors (Lipinski definition) is 2. The summed E-state index contributed by atoms with van der Waals surface area (Å²) in [6, 6.07) is 19.5. The van der Waals surface area contributed by atoms with Crippen molar-refractivity contribution in [2.24, 2.45) is 0 Å². The van der Waals surface area contributed by atoms with Crippen molar-refractivity contribution in [2.45, 2.75) is 25.8 Å². The Morgan fingerprint density at radius 2 is 1.82 bits per heavy atom. The van der Waals surface area contributed by atoms with E-state index in [1.165, 1.54) is 16.7 Å². The van der Waals surface area contributed by atoms with Gasteiger partial charge < -0.3 is 10.1 Å². The van der Waals surface area contributed by atoms with E-state index in [2.05, 4.69) is 60.8 Å². The third kappa shape index (κ3) is 3.77. The zero-order valence-electron chi connectivity index (χ0n) is 13.1. The van der Waals surface area contributed by atoms with E-state index in [0.29, 0.717) is 12.6 Å². The minimum atomic E-state index is 0.496. The molecule has 0 spiro atoms. The van der Waals surface area contributed by atoms with E-state index in [-0.39, 0.29) is 0 Å². The van der Waals surface area contributed by atoms with Crippen LogP contribution in [0.5, 0.6) is 5.75 Å². The summed E-state index contributed by atoms with van der Waals surface area (Å²) in [5, 5.41) is 3.64.